The average Bonchev–Trinajstić information content (AvgIpc) is 3.30. The number of nitrogens with zero attached hydrogens (tertiary/aromatic N) is 3. The van der Waals surface area contributed by atoms with Gasteiger partial charge in [-0.05, 0) is 49.7 Å². The Morgan fingerprint density at radius 3 is 2.48 bits per heavy atom. The Bertz CT molecular complexity index is 958. The number of furan rings is 1. The number of aryl methyl sites for hydroxylation is 1. The first-order chi connectivity index (χ1) is 13.2. The number of carbonyl (C=O) groups is 2. The molecule has 27 heavy (non-hydrogen) atoms. The first-order valence-corrected chi connectivity index (χ1v) is 9.38. The van der Waals surface area contributed by atoms with Gasteiger partial charge in [0.2, 0.25) is 0 Å². The van der Waals surface area contributed by atoms with E-state index in [9.17, 15) is 9.59 Å². The Morgan fingerprint density at radius 2 is 1.78 bits per heavy atom. The van der Waals surface area contributed by atoms with E-state index in [-0.39, 0.29) is 11.8 Å². The van der Waals surface area contributed by atoms with E-state index in [1.165, 1.54) is 6.26 Å². The second kappa shape index (κ2) is 7.31. The summed E-state index contributed by atoms with van der Waals surface area (Å²) in [6.07, 6.45) is 4.30. The van der Waals surface area contributed by atoms with Crippen molar-refractivity contribution in [1.29, 1.82) is 0 Å². The first kappa shape index (κ1) is 17.4. The number of carbonyl (C=O) groups excluding carboxylic acids is 2. The smallest absolute Gasteiger partial charge is 0.289 e. The van der Waals surface area contributed by atoms with E-state index >= 15 is 0 Å². The highest BCUT2D eigenvalue weighted by Crippen LogP contribution is 2.19. The lowest BCUT2D eigenvalue weighted by Gasteiger charge is -2.21. The first-order valence-electron chi connectivity index (χ1n) is 9.38. The minimum absolute atomic E-state index is 0.0217. The molecule has 2 aromatic heterocycles. The minimum Gasteiger partial charge on any atom is -0.459 e. The Hall–Kier alpha value is -3.02. The molecule has 1 aliphatic heterocycles. The van der Waals surface area contributed by atoms with Gasteiger partial charge in [0.25, 0.3) is 11.8 Å². The molecule has 0 radical (unpaired) electrons. The lowest BCUT2D eigenvalue weighted by atomic mass is 10.1. The third-order valence-electron chi connectivity index (χ3n) is 5.16. The summed E-state index contributed by atoms with van der Waals surface area (Å²) in [6.45, 7) is 5.32. The van der Waals surface area contributed by atoms with Crippen LogP contribution in [0.15, 0.2) is 53.3 Å². The third kappa shape index (κ3) is 3.35. The molecule has 3 aromatic rings. The second-order valence-corrected chi connectivity index (χ2v) is 6.79. The highest BCUT2D eigenvalue weighted by Gasteiger charge is 2.24. The molecule has 0 N–H and O–H groups in total. The second-order valence-electron chi connectivity index (χ2n) is 6.79. The lowest BCUT2D eigenvalue weighted by molar-refractivity contribution is 0.0700. The fraction of sp³-hybridized carbons (Fsp3) is 0.333. The largest absolute Gasteiger partial charge is 0.459 e. The highest BCUT2D eigenvalue weighted by atomic mass is 16.3. The van der Waals surface area contributed by atoms with Gasteiger partial charge < -0.3 is 18.8 Å². The molecule has 2 amide bonds. The number of fused-ring (bicyclic) bond motifs is 1. The van der Waals surface area contributed by atoms with Gasteiger partial charge >= 0.3 is 0 Å². The Kier molecular flexibility index (Phi) is 4.71. The molecule has 4 rings (SSSR count). The summed E-state index contributed by atoms with van der Waals surface area (Å²) in [7, 11) is 0. The van der Waals surface area contributed by atoms with Crippen molar-refractivity contribution in [2.24, 2.45) is 0 Å². The maximum Gasteiger partial charge on any atom is 0.289 e. The fourth-order valence-corrected chi connectivity index (χ4v) is 3.67. The number of aromatic nitrogens is 1. The zero-order valence-corrected chi connectivity index (χ0v) is 15.4. The number of hydrogen-bond acceptors (Lipinski definition) is 3. The minimum atomic E-state index is -0.114. The van der Waals surface area contributed by atoms with E-state index < -0.39 is 0 Å². The van der Waals surface area contributed by atoms with Crippen molar-refractivity contribution >= 4 is 22.7 Å². The molecule has 6 heteroatoms. The summed E-state index contributed by atoms with van der Waals surface area (Å²) in [5.41, 5.74) is 1.84. The van der Waals surface area contributed by atoms with E-state index in [1.54, 1.807) is 17.0 Å². The zero-order chi connectivity index (χ0) is 18.8. The third-order valence-corrected chi connectivity index (χ3v) is 5.16. The molecule has 6 nitrogen and oxygen atoms in total. The molecular formula is C21H23N3O3. The van der Waals surface area contributed by atoms with Gasteiger partial charge in [-0.2, -0.15) is 0 Å². The molecule has 0 unspecified atom stereocenters. The molecule has 0 bridgehead atoms. The average molecular weight is 365 g/mol. The van der Waals surface area contributed by atoms with E-state index in [0.717, 1.165) is 23.9 Å². The van der Waals surface area contributed by atoms with Gasteiger partial charge in [-0.25, -0.2) is 0 Å². The molecule has 0 atom stereocenters. The zero-order valence-electron chi connectivity index (χ0n) is 15.4. The van der Waals surface area contributed by atoms with Gasteiger partial charge in [0.15, 0.2) is 5.76 Å². The molecule has 1 aliphatic rings. The summed E-state index contributed by atoms with van der Waals surface area (Å²) in [4.78, 5) is 29.0. The van der Waals surface area contributed by atoms with E-state index in [0.29, 0.717) is 37.5 Å². The highest BCUT2D eigenvalue weighted by molar-refractivity contribution is 5.98. The fourth-order valence-electron chi connectivity index (χ4n) is 3.67. The molecule has 0 spiro atoms. The van der Waals surface area contributed by atoms with Crippen LogP contribution in [0, 0.1) is 0 Å². The van der Waals surface area contributed by atoms with E-state index in [4.69, 9.17) is 4.42 Å². The van der Waals surface area contributed by atoms with Crippen LogP contribution in [0.25, 0.3) is 10.9 Å². The maximum absolute atomic E-state index is 13.0. The Morgan fingerprint density at radius 1 is 1.00 bits per heavy atom. The van der Waals surface area contributed by atoms with Gasteiger partial charge in [-0.3, -0.25) is 9.59 Å². The molecule has 3 heterocycles. The molecule has 1 saturated heterocycles. The number of benzene rings is 1. The molecular weight excluding hydrogens is 342 g/mol. The quantitative estimate of drug-likeness (QED) is 0.716. The van der Waals surface area contributed by atoms with Crippen molar-refractivity contribution in [2.45, 2.75) is 19.9 Å². The maximum atomic E-state index is 13.0. The van der Waals surface area contributed by atoms with Crippen LogP contribution in [0.3, 0.4) is 0 Å². The summed E-state index contributed by atoms with van der Waals surface area (Å²) < 4.78 is 7.37. The van der Waals surface area contributed by atoms with Crippen molar-refractivity contribution in [3.63, 3.8) is 0 Å². The lowest BCUT2D eigenvalue weighted by Crippen LogP contribution is -2.37. The van der Waals surface area contributed by atoms with Crippen molar-refractivity contribution in [2.75, 3.05) is 26.2 Å². The normalized spacial score (nSPS) is 15.1. The van der Waals surface area contributed by atoms with E-state index in [1.807, 2.05) is 35.4 Å². The van der Waals surface area contributed by atoms with Gasteiger partial charge in [0, 0.05) is 55.4 Å². The molecule has 0 saturated carbocycles. The molecule has 1 aromatic carbocycles. The van der Waals surface area contributed by atoms with E-state index in [2.05, 4.69) is 11.5 Å². The standard InChI is InChI=1S/C21H23N3O3/c1-2-22-11-8-16-15-17(6-7-18(16)22)20(25)23-9-4-10-24(13-12-23)21(26)19-5-3-14-27-19/h3,5-8,11,14-15H,2,4,9-10,12-13H2,1H3. The van der Waals surface area contributed by atoms with Crippen LogP contribution >= 0.6 is 0 Å². The SMILES string of the molecule is CCn1ccc2cc(C(=O)N3CCCN(C(=O)c4ccco4)CC3)ccc21. The molecule has 0 aliphatic carbocycles. The van der Waals surface area contributed by atoms with Crippen LogP contribution in [0.2, 0.25) is 0 Å². The molecule has 140 valence electrons. The van der Waals surface area contributed by atoms with Crippen LogP contribution in [0.4, 0.5) is 0 Å². The van der Waals surface area contributed by atoms with Crippen molar-refractivity contribution in [3.05, 3.63) is 60.2 Å². The Balaban J connectivity index is 1.47. The summed E-state index contributed by atoms with van der Waals surface area (Å²) in [5.74, 6) is 0.255. The van der Waals surface area contributed by atoms with Gasteiger partial charge in [0.1, 0.15) is 0 Å². The van der Waals surface area contributed by atoms with Crippen LogP contribution in [-0.2, 0) is 6.54 Å². The van der Waals surface area contributed by atoms with Crippen LogP contribution < -0.4 is 0 Å². The van der Waals surface area contributed by atoms with Crippen LogP contribution in [0.5, 0.6) is 0 Å². The van der Waals surface area contributed by atoms with Gasteiger partial charge in [-0.1, -0.05) is 0 Å². The number of rotatable bonds is 3. The summed E-state index contributed by atoms with van der Waals surface area (Å²) in [5, 5.41) is 1.08. The topological polar surface area (TPSA) is 58.7 Å². The van der Waals surface area contributed by atoms with Crippen LogP contribution in [0.1, 0.15) is 34.3 Å². The monoisotopic (exact) mass is 365 g/mol. The predicted molar refractivity (Wildman–Crippen MR) is 103 cm³/mol. The van der Waals surface area contributed by atoms with Gasteiger partial charge in [-0.15, -0.1) is 0 Å². The van der Waals surface area contributed by atoms with Crippen molar-refractivity contribution in [1.82, 2.24) is 14.4 Å². The van der Waals surface area contributed by atoms with Crippen molar-refractivity contribution < 1.29 is 14.0 Å². The number of hydrogen-bond donors (Lipinski definition) is 0. The summed E-state index contributed by atoms with van der Waals surface area (Å²) in [6, 6.07) is 11.3. The summed E-state index contributed by atoms with van der Waals surface area (Å²) >= 11 is 0. The predicted octanol–water partition coefficient (Wildman–Crippen LogP) is 3.24. The van der Waals surface area contributed by atoms with Crippen molar-refractivity contribution in [3.8, 4) is 0 Å². The van der Waals surface area contributed by atoms with Crippen LogP contribution in [-0.4, -0.2) is 52.4 Å². The Labute approximate surface area is 158 Å². The van der Waals surface area contributed by atoms with Gasteiger partial charge in [0.05, 0.1) is 6.26 Å². The number of amides is 2. The molecule has 1 fully saturated rings.